The molecule has 1 atom stereocenters. The number of aromatic nitrogens is 3. The zero-order valence-corrected chi connectivity index (χ0v) is 23.9. The lowest BCUT2D eigenvalue weighted by Crippen LogP contribution is -2.33. The predicted octanol–water partition coefficient (Wildman–Crippen LogP) is 5.03. The van der Waals surface area contributed by atoms with Crippen molar-refractivity contribution in [3.8, 4) is 17.1 Å². The highest BCUT2D eigenvalue weighted by atomic mass is 32.2. The Labute approximate surface area is 239 Å². The van der Waals surface area contributed by atoms with Crippen LogP contribution in [0.3, 0.4) is 0 Å². The van der Waals surface area contributed by atoms with Gasteiger partial charge in [0, 0.05) is 36.6 Å². The number of nitrogens with one attached hydrogen (secondary N) is 2. The van der Waals surface area contributed by atoms with E-state index in [1.54, 1.807) is 36.5 Å². The second-order valence-corrected chi connectivity index (χ2v) is 11.9. The van der Waals surface area contributed by atoms with Gasteiger partial charge in [-0.2, -0.15) is 8.42 Å². The number of amides is 1. The van der Waals surface area contributed by atoms with E-state index in [9.17, 15) is 13.2 Å². The fourth-order valence-electron chi connectivity index (χ4n) is 4.53. The molecule has 0 saturated carbocycles. The van der Waals surface area contributed by atoms with Gasteiger partial charge in [0.1, 0.15) is 11.6 Å². The summed E-state index contributed by atoms with van der Waals surface area (Å²) in [6.45, 7) is 7.40. The second kappa shape index (κ2) is 11.9. The van der Waals surface area contributed by atoms with Gasteiger partial charge in [0.05, 0.1) is 17.4 Å². The molecule has 1 aromatic carbocycles. The lowest BCUT2D eigenvalue weighted by Gasteiger charge is -2.21. The van der Waals surface area contributed by atoms with Gasteiger partial charge in [0.2, 0.25) is 5.88 Å². The molecule has 0 unspecified atom stereocenters. The van der Waals surface area contributed by atoms with Crippen LogP contribution in [0.25, 0.3) is 11.3 Å². The van der Waals surface area contributed by atoms with E-state index in [1.807, 2.05) is 55.1 Å². The number of benzene rings is 1. The summed E-state index contributed by atoms with van der Waals surface area (Å²) in [5.41, 5.74) is 2.29. The Hall–Kier alpha value is -4.51. The van der Waals surface area contributed by atoms with E-state index >= 15 is 0 Å². The molecule has 1 amide bonds. The average Bonchev–Trinajstić information content (AvgIpc) is 3.39. The smallest absolute Gasteiger partial charge is 0.281 e. The molecule has 5 rings (SSSR count). The summed E-state index contributed by atoms with van der Waals surface area (Å²) in [5.74, 6) is 0.909. The Morgan fingerprint density at radius 2 is 1.80 bits per heavy atom. The molecule has 0 aliphatic carbocycles. The Morgan fingerprint density at radius 1 is 1.00 bits per heavy atom. The van der Waals surface area contributed by atoms with Gasteiger partial charge in [0.25, 0.3) is 15.9 Å². The van der Waals surface area contributed by atoms with Gasteiger partial charge in [0.15, 0.2) is 5.03 Å². The van der Waals surface area contributed by atoms with Gasteiger partial charge in [-0.15, -0.1) is 0 Å². The monoisotopic (exact) mass is 572 g/mol. The van der Waals surface area contributed by atoms with Crippen LogP contribution in [0.15, 0.2) is 84.0 Å². The number of pyridine rings is 3. The zero-order valence-electron chi connectivity index (χ0n) is 23.1. The Kier molecular flexibility index (Phi) is 8.16. The molecule has 1 aliphatic rings. The molecule has 2 N–H and O–H groups in total. The van der Waals surface area contributed by atoms with Crippen molar-refractivity contribution in [2.24, 2.45) is 5.92 Å². The molecule has 0 radical (unpaired) electrons. The minimum atomic E-state index is -4.27. The van der Waals surface area contributed by atoms with Crippen LogP contribution in [-0.2, 0) is 10.0 Å². The van der Waals surface area contributed by atoms with Crippen LogP contribution in [-0.4, -0.2) is 48.5 Å². The second-order valence-electron chi connectivity index (χ2n) is 10.2. The number of rotatable bonds is 9. The lowest BCUT2D eigenvalue weighted by molar-refractivity contribution is 0.0981. The van der Waals surface area contributed by atoms with Crippen molar-refractivity contribution >= 4 is 33.3 Å². The highest BCUT2D eigenvalue weighted by Crippen LogP contribution is 2.29. The highest BCUT2D eigenvalue weighted by Gasteiger charge is 2.28. The van der Waals surface area contributed by atoms with Crippen LogP contribution in [0.1, 0.15) is 37.6 Å². The largest absolute Gasteiger partial charge is 0.475 e. The molecule has 11 heteroatoms. The quantitative estimate of drug-likeness (QED) is 0.284. The summed E-state index contributed by atoms with van der Waals surface area (Å²) in [6.07, 6.45) is 2.62. The highest BCUT2D eigenvalue weighted by molar-refractivity contribution is 7.90. The van der Waals surface area contributed by atoms with E-state index < -0.39 is 15.9 Å². The van der Waals surface area contributed by atoms with Crippen LogP contribution >= 0.6 is 0 Å². The molecule has 4 heterocycles. The minimum Gasteiger partial charge on any atom is -0.475 e. The van der Waals surface area contributed by atoms with Crippen molar-refractivity contribution in [2.75, 3.05) is 23.3 Å². The number of para-hydroxylation sites is 1. The van der Waals surface area contributed by atoms with Crippen LogP contribution in [0.4, 0.5) is 17.3 Å². The van der Waals surface area contributed by atoms with Gasteiger partial charge >= 0.3 is 0 Å². The Morgan fingerprint density at radius 3 is 2.49 bits per heavy atom. The van der Waals surface area contributed by atoms with Crippen molar-refractivity contribution in [2.45, 2.75) is 38.3 Å². The molecule has 1 fully saturated rings. The fourth-order valence-corrected chi connectivity index (χ4v) is 5.47. The number of carbonyl (C=O) groups is 1. The average molecular weight is 573 g/mol. The molecular formula is C30H32N6O4S. The number of ether oxygens (including phenoxy) is 1. The number of carbonyl (C=O) groups excluding carboxylic acids is 1. The summed E-state index contributed by atoms with van der Waals surface area (Å²) >= 11 is 0. The minimum absolute atomic E-state index is 0.00195. The summed E-state index contributed by atoms with van der Waals surface area (Å²) in [4.78, 5) is 28.8. The van der Waals surface area contributed by atoms with Crippen molar-refractivity contribution in [1.82, 2.24) is 19.7 Å². The number of hydrogen-bond donors (Lipinski definition) is 2. The lowest BCUT2D eigenvalue weighted by atomic mass is 10.1. The third-order valence-corrected chi connectivity index (χ3v) is 7.74. The zero-order chi connectivity index (χ0) is 29.0. The summed E-state index contributed by atoms with van der Waals surface area (Å²) in [6, 6.07) is 20.7. The van der Waals surface area contributed by atoms with E-state index in [0.29, 0.717) is 42.2 Å². The van der Waals surface area contributed by atoms with Crippen LogP contribution in [0.5, 0.6) is 5.88 Å². The number of nitrogens with zero attached hydrogens (tertiary/aromatic N) is 4. The van der Waals surface area contributed by atoms with E-state index in [-0.39, 0.29) is 16.7 Å². The SMILES string of the molecule is CC(C)Oc1ccc(-c2ccc(C(=O)NS(=O)(=O)c3cccc(Nc4ccccc4)n3)c(N3CC[C@@H](C)C3)n2)cn1. The molecule has 0 bridgehead atoms. The molecule has 0 spiro atoms. The fraction of sp³-hybridized carbons (Fsp3) is 0.267. The van der Waals surface area contributed by atoms with Gasteiger partial charge < -0.3 is 15.0 Å². The number of hydrogen-bond acceptors (Lipinski definition) is 9. The molecule has 41 heavy (non-hydrogen) atoms. The molecule has 1 saturated heterocycles. The maximum Gasteiger partial charge on any atom is 0.281 e. The summed E-state index contributed by atoms with van der Waals surface area (Å²) in [5, 5.41) is 2.79. The predicted molar refractivity (Wildman–Crippen MR) is 158 cm³/mol. The van der Waals surface area contributed by atoms with E-state index in [1.165, 1.54) is 6.07 Å². The van der Waals surface area contributed by atoms with Crippen molar-refractivity contribution in [3.05, 3.63) is 84.6 Å². The first-order valence-electron chi connectivity index (χ1n) is 13.4. The Balaban J connectivity index is 1.41. The first kappa shape index (κ1) is 28.0. The van der Waals surface area contributed by atoms with E-state index in [4.69, 9.17) is 9.72 Å². The van der Waals surface area contributed by atoms with Gasteiger partial charge in [-0.1, -0.05) is 31.2 Å². The summed E-state index contributed by atoms with van der Waals surface area (Å²) in [7, 11) is -4.27. The van der Waals surface area contributed by atoms with Crippen LogP contribution < -0.4 is 19.7 Å². The third-order valence-electron chi connectivity index (χ3n) is 6.50. The molecule has 4 aromatic rings. The van der Waals surface area contributed by atoms with Crippen molar-refractivity contribution in [3.63, 3.8) is 0 Å². The van der Waals surface area contributed by atoms with Crippen molar-refractivity contribution in [1.29, 1.82) is 0 Å². The molecule has 3 aromatic heterocycles. The maximum atomic E-state index is 13.4. The molecule has 1 aliphatic heterocycles. The van der Waals surface area contributed by atoms with Crippen molar-refractivity contribution < 1.29 is 17.9 Å². The number of sulfonamides is 1. The normalized spacial score (nSPS) is 15.1. The molecule has 212 valence electrons. The van der Waals surface area contributed by atoms with Gasteiger partial charge in [-0.3, -0.25) is 4.79 Å². The van der Waals surface area contributed by atoms with Gasteiger partial charge in [-0.05, 0) is 68.7 Å². The van der Waals surface area contributed by atoms with Crippen LogP contribution in [0, 0.1) is 5.92 Å². The first-order valence-corrected chi connectivity index (χ1v) is 14.9. The van der Waals surface area contributed by atoms with Crippen LogP contribution in [0.2, 0.25) is 0 Å². The Bertz CT molecular complexity index is 1630. The third kappa shape index (κ3) is 6.80. The molecule has 10 nitrogen and oxygen atoms in total. The number of anilines is 3. The maximum absolute atomic E-state index is 13.4. The summed E-state index contributed by atoms with van der Waals surface area (Å²) < 4.78 is 34.3. The standard InChI is InChI=1S/C30H32N6O4S/c1-20(2)40-27-15-12-22(18-31-27)25-14-13-24(29(33-25)36-17-16-21(3)19-36)30(37)35-41(38,39)28-11-7-10-26(34-28)32-23-8-5-4-6-9-23/h4-15,18,20-21H,16-17,19H2,1-3H3,(H,32,34)(H,35,37)/t21-/m1/s1. The van der Waals surface area contributed by atoms with E-state index in [0.717, 1.165) is 17.7 Å². The topological polar surface area (TPSA) is 126 Å². The van der Waals surface area contributed by atoms with Gasteiger partial charge in [-0.25, -0.2) is 19.7 Å². The van der Waals surface area contributed by atoms with E-state index in [2.05, 4.69) is 26.9 Å². The molecular weight excluding hydrogens is 540 g/mol. The first-order chi connectivity index (χ1) is 19.7.